The van der Waals surface area contributed by atoms with Gasteiger partial charge in [0.15, 0.2) is 5.65 Å². The third kappa shape index (κ3) is 5.35. The van der Waals surface area contributed by atoms with E-state index in [-0.39, 0.29) is 24.5 Å². The van der Waals surface area contributed by atoms with Crippen molar-refractivity contribution in [1.29, 1.82) is 0 Å². The molecule has 0 aliphatic rings. The van der Waals surface area contributed by atoms with Gasteiger partial charge in [-0.15, -0.1) is 0 Å². The Morgan fingerprint density at radius 1 is 1.46 bits per heavy atom. The van der Waals surface area contributed by atoms with E-state index in [2.05, 4.69) is 27.2 Å². The first kappa shape index (κ1) is 19.1. The number of halogens is 3. The van der Waals surface area contributed by atoms with Crippen molar-refractivity contribution < 1.29 is 18.0 Å². The van der Waals surface area contributed by atoms with Crippen LogP contribution in [-0.2, 0) is 4.79 Å². The topological polar surface area (TPSA) is 106 Å². The first-order valence-corrected chi connectivity index (χ1v) is 6.71. The lowest BCUT2D eigenvalue weighted by molar-refractivity contribution is -0.110. The third-order valence-electron chi connectivity index (χ3n) is 2.59. The largest absolute Gasteiger partial charge is 0.386 e. The number of nitrogens with two attached hydrogens (primary N) is 1. The summed E-state index contributed by atoms with van der Waals surface area (Å²) >= 11 is 0. The van der Waals surface area contributed by atoms with E-state index in [4.69, 9.17) is 5.73 Å². The smallest absolute Gasteiger partial charge is 0.369 e. The highest BCUT2D eigenvalue weighted by Gasteiger charge is 2.16. The van der Waals surface area contributed by atoms with E-state index in [1.165, 1.54) is 0 Å². The predicted octanol–water partition coefficient (Wildman–Crippen LogP) is 1.51. The van der Waals surface area contributed by atoms with Crippen molar-refractivity contribution in [3.63, 3.8) is 0 Å². The molecule has 130 valence electrons. The monoisotopic (exact) mass is 343 g/mol. The molecular weight excluding hydrogens is 327 g/mol. The van der Waals surface area contributed by atoms with Crippen molar-refractivity contribution in [2.45, 2.75) is 33.0 Å². The van der Waals surface area contributed by atoms with Gasteiger partial charge in [0.1, 0.15) is 0 Å². The molecule has 24 heavy (non-hydrogen) atoms. The highest BCUT2D eigenvalue weighted by Crippen LogP contribution is 2.19. The maximum atomic E-state index is 11.9. The summed E-state index contributed by atoms with van der Waals surface area (Å²) in [5.74, 6) is 2.77. The van der Waals surface area contributed by atoms with Gasteiger partial charge in [0.25, 0.3) is 5.56 Å². The van der Waals surface area contributed by atoms with Crippen LogP contribution in [0.3, 0.4) is 0 Å². The van der Waals surface area contributed by atoms with Crippen LogP contribution < -0.4 is 16.6 Å². The fourth-order valence-corrected chi connectivity index (χ4v) is 1.79. The molecule has 10 heteroatoms. The molecule has 0 saturated carbocycles. The van der Waals surface area contributed by atoms with Gasteiger partial charge in [-0.1, -0.05) is 0 Å². The van der Waals surface area contributed by atoms with Crippen LogP contribution >= 0.6 is 0 Å². The van der Waals surface area contributed by atoms with Gasteiger partial charge >= 0.3 is 6.18 Å². The number of anilines is 1. The number of alkyl halides is 3. The van der Waals surface area contributed by atoms with Crippen LogP contribution in [0.1, 0.15) is 32.4 Å². The Morgan fingerprint density at radius 2 is 2.04 bits per heavy atom. The molecule has 0 atom stereocenters. The van der Waals surface area contributed by atoms with Gasteiger partial charge in [0, 0.05) is 25.2 Å². The zero-order valence-corrected chi connectivity index (χ0v) is 13.2. The van der Waals surface area contributed by atoms with E-state index in [9.17, 15) is 22.8 Å². The minimum atomic E-state index is -4.00. The van der Waals surface area contributed by atoms with Crippen molar-refractivity contribution in [1.82, 2.24) is 19.9 Å². The Bertz CT molecular complexity index is 834. The zero-order valence-electron chi connectivity index (χ0n) is 13.2. The van der Waals surface area contributed by atoms with Crippen LogP contribution in [0, 0.1) is 12.0 Å². The molecule has 0 aliphatic carbocycles. The lowest BCUT2D eigenvalue weighted by Crippen LogP contribution is -2.12. The summed E-state index contributed by atoms with van der Waals surface area (Å²) < 4.78 is 32.9. The molecule has 7 nitrogen and oxygen atoms in total. The van der Waals surface area contributed by atoms with Gasteiger partial charge in [-0.25, -0.2) is 0 Å². The van der Waals surface area contributed by atoms with Crippen molar-refractivity contribution in [3.8, 4) is 12.0 Å². The van der Waals surface area contributed by atoms with Crippen molar-refractivity contribution in [3.05, 3.63) is 22.1 Å². The maximum absolute atomic E-state index is 11.9. The quantitative estimate of drug-likeness (QED) is 0.436. The number of hydrogen-bond acceptors (Lipinski definition) is 4. The second-order valence-corrected chi connectivity index (χ2v) is 4.99. The number of nitrogen functional groups attached to an aromatic ring is 1. The summed E-state index contributed by atoms with van der Waals surface area (Å²) in [5, 5.41) is 2.59. The molecule has 1 amide bonds. The number of amides is 1. The molecule has 4 N–H and O–H groups in total. The minimum absolute atomic E-state index is 0.0584. The molecule has 0 bridgehead atoms. The first-order valence-electron chi connectivity index (χ1n) is 6.71. The SMILES string of the molecule is CC(C)n1cc(C#CNC=O)c2c(=O)[nH]c(N)nc21.CC(F)(F)F. The minimum Gasteiger partial charge on any atom is -0.369 e. The third-order valence-corrected chi connectivity index (χ3v) is 2.59. The first-order chi connectivity index (χ1) is 11.0. The Morgan fingerprint density at radius 3 is 2.54 bits per heavy atom. The Hall–Kier alpha value is -2.96. The average Bonchev–Trinajstić information content (AvgIpc) is 2.76. The molecule has 0 unspecified atom stereocenters. The standard InChI is InChI=1S/C12H13N5O2.C2H3F3/c1-7(2)17-5-8(3-4-14-6-18)9-10(17)15-12(13)16-11(9)19;1-2(3,4)5/h5-7H,1-2H3,(H,14,18)(H3,13,15,16,19);1H3. The number of nitrogens with one attached hydrogen (secondary N) is 2. The molecule has 0 radical (unpaired) electrons. The highest BCUT2D eigenvalue weighted by atomic mass is 19.4. The Labute approximate surface area is 135 Å². The number of nitrogens with zero attached hydrogens (tertiary/aromatic N) is 2. The van der Waals surface area contributed by atoms with Crippen molar-refractivity contribution in [2.24, 2.45) is 0 Å². The van der Waals surface area contributed by atoms with E-state index in [0.717, 1.165) is 0 Å². The predicted molar refractivity (Wildman–Crippen MR) is 83.0 cm³/mol. The average molecular weight is 343 g/mol. The number of carbonyl (C=O) groups is 1. The molecule has 0 saturated heterocycles. The normalized spacial score (nSPS) is 10.6. The van der Waals surface area contributed by atoms with Gasteiger partial charge in [-0.3, -0.25) is 19.9 Å². The molecule has 0 spiro atoms. The van der Waals surface area contributed by atoms with Gasteiger partial charge in [-0.05, 0) is 19.8 Å². The fraction of sp³-hybridized carbons (Fsp3) is 0.357. The van der Waals surface area contributed by atoms with Crippen LogP contribution in [0.4, 0.5) is 19.1 Å². The number of rotatable bonds is 2. The maximum Gasteiger partial charge on any atom is 0.386 e. The molecule has 2 aromatic heterocycles. The molecule has 0 aromatic carbocycles. The zero-order chi connectivity index (χ0) is 18.5. The highest BCUT2D eigenvalue weighted by molar-refractivity contribution is 5.83. The van der Waals surface area contributed by atoms with Gasteiger partial charge in [0.05, 0.1) is 10.9 Å². The molecule has 2 aromatic rings. The molecular formula is C14H16F3N5O2. The number of aromatic nitrogens is 3. The summed E-state index contributed by atoms with van der Waals surface area (Å²) in [7, 11) is 0. The van der Waals surface area contributed by atoms with E-state index >= 15 is 0 Å². The molecule has 0 aliphatic heterocycles. The van der Waals surface area contributed by atoms with Crippen molar-refractivity contribution >= 4 is 23.4 Å². The lowest BCUT2D eigenvalue weighted by atomic mass is 10.2. The summed E-state index contributed by atoms with van der Waals surface area (Å²) in [5.41, 5.74) is 6.17. The van der Waals surface area contributed by atoms with E-state index in [1.807, 2.05) is 18.4 Å². The number of fused-ring (bicyclic) bond motifs is 1. The number of H-pyrrole nitrogens is 1. The van der Waals surface area contributed by atoms with E-state index < -0.39 is 6.18 Å². The fourth-order valence-electron chi connectivity index (χ4n) is 1.79. The Kier molecular flexibility index (Phi) is 6.00. The lowest BCUT2D eigenvalue weighted by Gasteiger charge is -2.07. The van der Waals surface area contributed by atoms with Gasteiger partial charge < -0.3 is 10.3 Å². The summed E-state index contributed by atoms with van der Waals surface area (Å²) in [6, 6.07) is 2.55. The molecule has 0 fully saturated rings. The van der Waals surface area contributed by atoms with Crippen LogP contribution in [0.5, 0.6) is 0 Å². The van der Waals surface area contributed by atoms with Crippen LogP contribution in [0.25, 0.3) is 11.0 Å². The number of carbonyl (C=O) groups excluding carboxylic acids is 1. The summed E-state index contributed by atoms with van der Waals surface area (Å²) in [6.07, 6.45) is -1.81. The number of aromatic amines is 1. The number of hydrogen-bond donors (Lipinski definition) is 3. The van der Waals surface area contributed by atoms with Crippen LogP contribution in [0.15, 0.2) is 11.0 Å². The van der Waals surface area contributed by atoms with E-state index in [0.29, 0.717) is 23.0 Å². The molecule has 2 rings (SSSR count). The Balaban J connectivity index is 0.000000505. The van der Waals surface area contributed by atoms with Crippen molar-refractivity contribution in [2.75, 3.05) is 5.73 Å². The van der Waals surface area contributed by atoms with E-state index in [1.54, 1.807) is 6.20 Å². The second-order valence-electron chi connectivity index (χ2n) is 4.99. The van der Waals surface area contributed by atoms with Crippen LogP contribution in [0.2, 0.25) is 0 Å². The van der Waals surface area contributed by atoms with Crippen LogP contribution in [-0.4, -0.2) is 27.1 Å². The second kappa shape index (κ2) is 7.54. The molecule has 2 heterocycles. The van der Waals surface area contributed by atoms with Gasteiger partial charge in [-0.2, -0.15) is 18.2 Å². The van der Waals surface area contributed by atoms with Gasteiger partial charge in [0.2, 0.25) is 12.4 Å². The summed E-state index contributed by atoms with van der Waals surface area (Å²) in [4.78, 5) is 28.7. The summed E-state index contributed by atoms with van der Waals surface area (Å²) in [6.45, 7) is 4.10.